The van der Waals surface area contributed by atoms with Gasteiger partial charge in [0.05, 0.1) is 22.4 Å². The van der Waals surface area contributed by atoms with Gasteiger partial charge in [-0.3, -0.25) is 4.39 Å². The van der Waals surface area contributed by atoms with Crippen molar-refractivity contribution >= 4 is 40.5 Å². The molecule has 0 bridgehead atoms. The fraction of sp³-hybridized carbons (Fsp3) is 0.333. The minimum Gasteiger partial charge on any atom is -0.383 e. The van der Waals surface area contributed by atoms with Gasteiger partial charge >= 0.3 is 0 Å². The first-order valence-electron chi connectivity index (χ1n) is 4.09. The first-order chi connectivity index (χ1) is 6.65. The van der Waals surface area contributed by atoms with E-state index in [1.807, 2.05) is 0 Å². The Bertz CT molecular complexity index is 294. The smallest absolute Gasteiger partial charge is 0.0911 e. The van der Waals surface area contributed by atoms with Crippen molar-refractivity contribution < 1.29 is 4.39 Å². The van der Waals surface area contributed by atoms with Gasteiger partial charge in [-0.1, -0.05) is 34.8 Å². The van der Waals surface area contributed by atoms with Crippen LogP contribution in [-0.2, 0) is 0 Å². The molecule has 78 valence electrons. The van der Waals surface area contributed by atoms with E-state index in [1.54, 1.807) is 12.1 Å². The maximum absolute atomic E-state index is 11.8. The van der Waals surface area contributed by atoms with Crippen LogP contribution in [0.3, 0.4) is 0 Å². The van der Waals surface area contributed by atoms with Crippen LogP contribution in [0, 0.1) is 0 Å². The lowest BCUT2D eigenvalue weighted by molar-refractivity contribution is 0.481. The van der Waals surface area contributed by atoms with Crippen LogP contribution in [0.1, 0.15) is 6.42 Å². The Hall–Kier alpha value is -0.180. The summed E-state index contributed by atoms with van der Waals surface area (Å²) in [6.45, 7) is 0.132. The summed E-state index contributed by atoms with van der Waals surface area (Å²) in [5.74, 6) is 0. The van der Waals surface area contributed by atoms with E-state index in [2.05, 4.69) is 5.32 Å². The summed E-state index contributed by atoms with van der Waals surface area (Å²) in [6.07, 6.45) is 0.426. The number of nitrogens with one attached hydrogen (secondary N) is 1. The predicted molar refractivity (Wildman–Crippen MR) is 60.6 cm³/mol. The summed E-state index contributed by atoms with van der Waals surface area (Å²) in [4.78, 5) is 0. The zero-order chi connectivity index (χ0) is 10.6. The number of rotatable bonds is 4. The molecule has 0 radical (unpaired) electrons. The van der Waals surface area contributed by atoms with Gasteiger partial charge in [0, 0.05) is 11.6 Å². The fourth-order valence-corrected chi connectivity index (χ4v) is 1.94. The van der Waals surface area contributed by atoms with Crippen molar-refractivity contribution in [2.75, 3.05) is 18.5 Å². The van der Waals surface area contributed by atoms with Gasteiger partial charge in [-0.2, -0.15) is 0 Å². The van der Waals surface area contributed by atoms with Crippen LogP contribution >= 0.6 is 34.8 Å². The highest BCUT2D eigenvalue weighted by Crippen LogP contribution is 2.33. The lowest BCUT2D eigenvalue weighted by Gasteiger charge is -2.09. The third kappa shape index (κ3) is 3.19. The largest absolute Gasteiger partial charge is 0.383 e. The summed E-state index contributed by atoms with van der Waals surface area (Å²) < 4.78 is 11.8. The van der Waals surface area contributed by atoms with Crippen molar-refractivity contribution in [3.05, 3.63) is 27.2 Å². The van der Waals surface area contributed by atoms with Crippen molar-refractivity contribution in [2.45, 2.75) is 6.42 Å². The molecule has 0 aromatic heterocycles. The summed E-state index contributed by atoms with van der Waals surface area (Å²) in [6, 6.07) is 3.18. The molecule has 1 aromatic rings. The quantitative estimate of drug-likeness (QED) is 0.787. The molecule has 5 heteroatoms. The van der Waals surface area contributed by atoms with Gasteiger partial charge in [0.15, 0.2) is 0 Å². The van der Waals surface area contributed by atoms with Crippen LogP contribution in [0.4, 0.5) is 10.1 Å². The third-order valence-corrected chi connectivity index (χ3v) is 2.43. The zero-order valence-corrected chi connectivity index (χ0v) is 9.56. The molecule has 0 heterocycles. The Morgan fingerprint density at radius 2 is 1.71 bits per heavy atom. The Kier molecular flexibility index (Phi) is 4.79. The average molecular weight is 257 g/mol. The maximum Gasteiger partial charge on any atom is 0.0911 e. The molecule has 1 aromatic carbocycles. The van der Waals surface area contributed by atoms with Crippen molar-refractivity contribution in [1.29, 1.82) is 0 Å². The summed E-state index contributed by atoms with van der Waals surface area (Å²) in [5.41, 5.74) is 0.603. The van der Waals surface area contributed by atoms with E-state index in [9.17, 15) is 4.39 Å². The first-order valence-corrected chi connectivity index (χ1v) is 5.23. The Morgan fingerprint density at radius 3 is 2.21 bits per heavy atom. The number of benzene rings is 1. The Balaban J connectivity index is 2.75. The summed E-state index contributed by atoms with van der Waals surface area (Å²) in [5, 5.41) is 4.32. The first kappa shape index (κ1) is 11.9. The van der Waals surface area contributed by atoms with E-state index in [0.717, 1.165) is 0 Å². The van der Waals surface area contributed by atoms with Crippen LogP contribution in [0.15, 0.2) is 12.1 Å². The van der Waals surface area contributed by atoms with Crippen LogP contribution in [0.5, 0.6) is 0 Å². The lowest BCUT2D eigenvalue weighted by Crippen LogP contribution is -2.03. The van der Waals surface area contributed by atoms with Crippen LogP contribution in [0.25, 0.3) is 0 Å². The minimum absolute atomic E-state index is 0.365. The zero-order valence-electron chi connectivity index (χ0n) is 7.29. The van der Waals surface area contributed by atoms with Crippen LogP contribution < -0.4 is 5.32 Å². The number of halogens is 4. The van der Waals surface area contributed by atoms with E-state index in [-0.39, 0.29) is 6.67 Å². The van der Waals surface area contributed by atoms with Crippen LogP contribution in [-0.4, -0.2) is 13.2 Å². The van der Waals surface area contributed by atoms with Gasteiger partial charge in [0.25, 0.3) is 0 Å². The number of hydrogen-bond donors (Lipinski definition) is 1. The maximum atomic E-state index is 11.8. The molecule has 0 saturated carbocycles. The lowest BCUT2D eigenvalue weighted by atomic mass is 10.3. The SMILES string of the molecule is FCCCNc1c(Cl)cc(Cl)cc1Cl. The highest BCUT2D eigenvalue weighted by molar-refractivity contribution is 6.41. The molecule has 0 spiro atoms. The van der Waals surface area contributed by atoms with Gasteiger partial charge in [0.1, 0.15) is 0 Å². The minimum atomic E-state index is -0.365. The van der Waals surface area contributed by atoms with Crippen molar-refractivity contribution in [2.24, 2.45) is 0 Å². The summed E-state index contributed by atoms with van der Waals surface area (Å²) >= 11 is 17.5. The van der Waals surface area contributed by atoms with E-state index >= 15 is 0 Å². The molecular weight excluding hydrogens is 247 g/mol. The van der Waals surface area contributed by atoms with Gasteiger partial charge in [-0.05, 0) is 18.6 Å². The molecule has 0 saturated heterocycles. The van der Waals surface area contributed by atoms with E-state index in [4.69, 9.17) is 34.8 Å². The summed E-state index contributed by atoms with van der Waals surface area (Å²) in [7, 11) is 0. The van der Waals surface area contributed by atoms with Gasteiger partial charge in [-0.25, -0.2) is 0 Å². The molecule has 0 amide bonds. The molecular formula is C9H9Cl3FN. The second-order valence-electron chi connectivity index (χ2n) is 2.71. The monoisotopic (exact) mass is 255 g/mol. The molecule has 14 heavy (non-hydrogen) atoms. The second-order valence-corrected chi connectivity index (χ2v) is 3.96. The highest BCUT2D eigenvalue weighted by atomic mass is 35.5. The highest BCUT2D eigenvalue weighted by Gasteiger charge is 2.06. The molecule has 0 aliphatic heterocycles. The van der Waals surface area contributed by atoms with Crippen molar-refractivity contribution in [3.8, 4) is 0 Å². The number of hydrogen-bond acceptors (Lipinski definition) is 1. The third-order valence-electron chi connectivity index (χ3n) is 1.62. The molecule has 1 rings (SSSR count). The molecule has 0 fully saturated rings. The van der Waals surface area contributed by atoms with Crippen molar-refractivity contribution in [1.82, 2.24) is 0 Å². The van der Waals surface area contributed by atoms with E-state index < -0.39 is 0 Å². The molecule has 1 nitrogen and oxygen atoms in total. The van der Waals surface area contributed by atoms with Gasteiger partial charge in [-0.15, -0.1) is 0 Å². The van der Waals surface area contributed by atoms with Gasteiger partial charge < -0.3 is 5.32 Å². The topological polar surface area (TPSA) is 12.0 Å². The number of alkyl halides is 1. The van der Waals surface area contributed by atoms with Gasteiger partial charge in [0.2, 0.25) is 0 Å². The normalized spacial score (nSPS) is 10.3. The molecule has 0 aliphatic rings. The molecule has 0 unspecified atom stereocenters. The molecule has 1 N–H and O–H groups in total. The van der Waals surface area contributed by atoms with Crippen molar-refractivity contribution in [3.63, 3.8) is 0 Å². The van der Waals surface area contributed by atoms with E-state index in [0.29, 0.717) is 33.7 Å². The predicted octanol–water partition coefficient (Wildman–Crippen LogP) is 4.42. The van der Waals surface area contributed by atoms with Crippen LogP contribution in [0.2, 0.25) is 15.1 Å². The second kappa shape index (κ2) is 5.64. The number of anilines is 1. The van der Waals surface area contributed by atoms with E-state index in [1.165, 1.54) is 0 Å². The molecule has 0 aliphatic carbocycles. The molecule has 0 atom stereocenters. The Morgan fingerprint density at radius 1 is 1.14 bits per heavy atom. The Labute approximate surface area is 97.2 Å². The fourth-order valence-electron chi connectivity index (χ4n) is 0.991. The average Bonchev–Trinajstić information content (AvgIpc) is 2.09. The standard InChI is InChI=1S/C9H9Cl3FN/c10-6-4-7(11)9(8(12)5-6)14-3-1-2-13/h4-5,14H,1-3H2.